The van der Waals surface area contributed by atoms with Gasteiger partial charge in [0.25, 0.3) is 0 Å². The second kappa shape index (κ2) is 22.2. The van der Waals surface area contributed by atoms with E-state index >= 15 is 0 Å². The number of ketones is 2. The molecule has 0 rings (SSSR count). The average Bonchev–Trinajstić information content (AvgIpc) is 2.88. The van der Waals surface area contributed by atoms with Gasteiger partial charge in [0, 0.05) is 12.8 Å². The van der Waals surface area contributed by atoms with Crippen LogP contribution in [0.3, 0.4) is 0 Å². The zero-order valence-electron chi connectivity index (χ0n) is 24.1. The molecule has 0 heterocycles. The lowest BCUT2D eigenvalue weighted by Gasteiger charge is -2.40. The highest BCUT2D eigenvalue weighted by atomic mass is 16.4. The number of hydrogen-bond acceptors (Lipinski definition) is 5. The molecule has 36 heavy (non-hydrogen) atoms. The Morgan fingerprint density at radius 1 is 0.472 bits per heavy atom. The first-order chi connectivity index (χ1) is 17.3. The molecule has 2 atom stereocenters. The molecule has 0 spiro atoms. The minimum absolute atomic E-state index is 0.0204. The van der Waals surface area contributed by atoms with Crippen molar-refractivity contribution in [3.63, 3.8) is 0 Å². The zero-order chi connectivity index (χ0) is 27.1. The molecule has 0 aliphatic heterocycles. The van der Waals surface area contributed by atoms with Crippen LogP contribution in [0, 0.1) is 0 Å². The van der Waals surface area contributed by atoms with Crippen LogP contribution < -0.4 is 0 Å². The van der Waals surface area contributed by atoms with E-state index in [1.54, 1.807) is 0 Å². The summed E-state index contributed by atoms with van der Waals surface area (Å²) in [5.74, 6) is -1.12. The van der Waals surface area contributed by atoms with Gasteiger partial charge < -0.3 is 15.3 Å². The third kappa shape index (κ3) is 13.7. The van der Waals surface area contributed by atoms with E-state index in [0.717, 1.165) is 44.9 Å². The second-order valence-electron chi connectivity index (χ2n) is 11.0. The highest BCUT2D eigenvalue weighted by Gasteiger charge is 2.57. The molecule has 5 heteroatoms. The summed E-state index contributed by atoms with van der Waals surface area (Å²) in [4.78, 5) is 25.9. The van der Waals surface area contributed by atoms with E-state index in [1.165, 1.54) is 64.2 Å². The van der Waals surface area contributed by atoms with Gasteiger partial charge >= 0.3 is 0 Å². The molecule has 0 aromatic carbocycles. The quantitative estimate of drug-likeness (QED) is 0.0984. The fourth-order valence-corrected chi connectivity index (χ4v) is 5.09. The van der Waals surface area contributed by atoms with Crippen molar-refractivity contribution in [3.05, 3.63) is 0 Å². The van der Waals surface area contributed by atoms with Gasteiger partial charge in [-0.15, -0.1) is 0 Å². The van der Waals surface area contributed by atoms with Crippen molar-refractivity contribution in [3.8, 4) is 0 Å². The van der Waals surface area contributed by atoms with E-state index in [2.05, 4.69) is 6.92 Å². The number of rotatable bonds is 27. The maximum atomic E-state index is 13.1. The van der Waals surface area contributed by atoms with Crippen LogP contribution in [0.25, 0.3) is 0 Å². The molecular weight excluding hydrogens is 452 g/mol. The molecular formula is C31H60O5. The van der Waals surface area contributed by atoms with Gasteiger partial charge in [-0.05, 0) is 25.7 Å². The first kappa shape index (κ1) is 35.2. The molecule has 3 N–H and O–H groups in total. The molecule has 0 saturated carbocycles. The van der Waals surface area contributed by atoms with Crippen molar-refractivity contribution in [2.24, 2.45) is 0 Å². The number of unbranched alkanes of at least 4 members (excludes halogenated alkanes) is 17. The Morgan fingerprint density at radius 2 is 0.778 bits per heavy atom. The van der Waals surface area contributed by atoms with Crippen molar-refractivity contribution in [2.45, 2.75) is 180 Å². The summed E-state index contributed by atoms with van der Waals surface area (Å²) in [6.45, 7) is 5.38. The lowest BCUT2D eigenvalue weighted by molar-refractivity contribution is -0.192. The highest BCUT2D eigenvalue weighted by molar-refractivity contribution is 5.99. The van der Waals surface area contributed by atoms with Crippen molar-refractivity contribution >= 4 is 11.6 Å². The fourth-order valence-electron chi connectivity index (χ4n) is 5.09. The molecule has 0 bridgehead atoms. The van der Waals surface area contributed by atoms with E-state index < -0.39 is 29.4 Å². The Hall–Kier alpha value is -0.780. The molecule has 0 saturated heterocycles. The largest absolute Gasteiger partial charge is 0.393 e. The maximum Gasteiger partial charge on any atom is 0.181 e. The summed E-state index contributed by atoms with van der Waals surface area (Å²) in [6.07, 6.45) is 21.7. The van der Waals surface area contributed by atoms with Crippen molar-refractivity contribution in [2.75, 3.05) is 6.61 Å². The van der Waals surface area contributed by atoms with Gasteiger partial charge in [-0.3, -0.25) is 9.59 Å². The zero-order valence-corrected chi connectivity index (χ0v) is 24.1. The number of hydrogen-bond donors (Lipinski definition) is 3. The molecule has 0 aliphatic rings. The van der Waals surface area contributed by atoms with E-state index in [0.29, 0.717) is 19.3 Å². The predicted octanol–water partition coefficient (Wildman–Crippen LogP) is 7.61. The summed E-state index contributed by atoms with van der Waals surface area (Å²) < 4.78 is 0. The third-order valence-electron chi connectivity index (χ3n) is 7.74. The summed E-state index contributed by atoms with van der Waals surface area (Å²) in [7, 11) is 0. The SMILES string of the molecule is CCCCCCCCCCCCCCCCC(O)(C(=O)CCCCC)C(O)(CO)C(=O)CCCCC. The molecule has 214 valence electrons. The average molecular weight is 513 g/mol. The first-order valence-electron chi connectivity index (χ1n) is 15.5. The first-order valence-corrected chi connectivity index (χ1v) is 15.5. The van der Waals surface area contributed by atoms with Crippen LogP contribution in [0.1, 0.15) is 168 Å². The third-order valence-corrected chi connectivity index (χ3v) is 7.74. The number of carbonyl (C=O) groups excluding carboxylic acids is 2. The Morgan fingerprint density at radius 3 is 1.14 bits per heavy atom. The smallest absolute Gasteiger partial charge is 0.181 e. The van der Waals surface area contributed by atoms with Gasteiger partial charge in [0.2, 0.25) is 0 Å². The Labute approximate surface area is 222 Å². The lowest BCUT2D eigenvalue weighted by atomic mass is 9.71. The summed E-state index contributed by atoms with van der Waals surface area (Å²) in [5, 5.41) is 32.6. The molecule has 0 amide bonds. The topological polar surface area (TPSA) is 94.8 Å². The maximum absolute atomic E-state index is 13.1. The monoisotopic (exact) mass is 512 g/mol. The van der Waals surface area contributed by atoms with Crippen LogP contribution in [0.4, 0.5) is 0 Å². The van der Waals surface area contributed by atoms with E-state index in [1.807, 2.05) is 13.8 Å². The van der Waals surface area contributed by atoms with Gasteiger partial charge in [0.1, 0.15) is 0 Å². The molecule has 5 nitrogen and oxygen atoms in total. The summed E-state index contributed by atoms with van der Waals surface area (Å²) in [5.41, 5.74) is -4.63. The van der Waals surface area contributed by atoms with Crippen LogP contribution in [-0.4, -0.2) is 44.7 Å². The highest BCUT2D eigenvalue weighted by Crippen LogP contribution is 2.33. The Bertz CT molecular complexity index is 549. The number of aliphatic hydroxyl groups is 3. The van der Waals surface area contributed by atoms with Crippen LogP contribution in [-0.2, 0) is 9.59 Å². The van der Waals surface area contributed by atoms with Gasteiger partial charge in [0.15, 0.2) is 22.8 Å². The fraction of sp³-hybridized carbons (Fsp3) is 0.935. The van der Waals surface area contributed by atoms with Gasteiger partial charge in [0.05, 0.1) is 6.61 Å². The molecule has 0 aromatic rings. The van der Waals surface area contributed by atoms with E-state index in [9.17, 15) is 24.9 Å². The Balaban J connectivity index is 4.59. The minimum atomic E-state index is -2.42. The van der Waals surface area contributed by atoms with E-state index in [-0.39, 0.29) is 19.3 Å². The van der Waals surface area contributed by atoms with Crippen LogP contribution >= 0.6 is 0 Å². The summed E-state index contributed by atoms with van der Waals surface area (Å²) >= 11 is 0. The van der Waals surface area contributed by atoms with Crippen LogP contribution in [0.15, 0.2) is 0 Å². The van der Waals surface area contributed by atoms with Crippen molar-refractivity contribution < 1.29 is 24.9 Å². The van der Waals surface area contributed by atoms with Crippen LogP contribution in [0.2, 0.25) is 0 Å². The molecule has 2 unspecified atom stereocenters. The molecule has 0 aromatic heterocycles. The second-order valence-corrected chi connectivity index (χ2v) is 11.0. The van der Waals surface area contributed by atoms with Gasteiger partial charge in [-0.1, -0.05) is 130 Å². The normalized spacial score (nSPS) is 14.9. The standard InChI is InChI=1S/C31H60O5/c1-4-7-10-11-12-13-14-15-16-17-18-19-20-23-26-30(35,28(33)24-21-8-5-2)31(36,27-32)29(34)25-22-9-6-3/h32,35-36H,4-27H2,1-3H3. The van der Waals surface area contributed by atoms with Gasteiger partial charge in [-0.2, -0.15) is 0 Å². The van der Waals surface area contributed by atoms with Crippen molar-refractivity contribution in [1.29, 1.82) is 0 Å². The molecule has 0 radical (unpaired) electrons. The van der Waals surface area contributed by atoms with Gasteiger partial charge in [-0.25, -0.2) is 0 Å². The number of carbonyl (C=O) groups is 2. The van der Waals surface area contributed by atoms with E-state index in [4.69, 9.17) is 0 Å². The minimum Gasteiger partial charge on any atom is -0.393 e. The van der Waals surface area contributed by atoms with Crippen LogP contribution in [0.5, 0.6) is 0 Å². The summed E-state index contributed by atoms with van der Waals surface area (Å²) in [6, 6.07) is 0. The number of Topliss-reactive ketones (excluding diaryl/α,β-unsaturated/α-hetero) is 2. The Kier molecular flexibility index (Phi) is 21.7. The molecule has 0 fully saturated rings. The number of aliphatic hydroxyl groups excluding tert-OH is 1. The lowest BCUT2D eigenvalue weighted by Crippen LogP contribution is -2.65. The van der Waals surface area contributed by atoms with Crippen molar-refractivity contribution in [1.82, 2.24) is 0 Å². The predicted molar refractivity (Wildman–Crippen MR) is 150 cm³/mol. The molecule has 0 aliphatic carbocycles.